The van der Waals surface area contributed by atoms with Crippen LogP contribution in [0.25, 0.3) is 11.1 Å². The van der Waals surface area contributed by atoms with Gasteiger partial charge in [0.25, 0.3) is 0 Å². The Labute approximate surface area is 183 Å². The van der Waals surface area contributed by atoms with Gasteiger partial charge >= 0.3 is 5.97 Å². The van der Waals surface area contributed by atoms with Crippen LogP contribution >= 0.6 is 0 Å². The third-order valence-electron chi connectivity index (χ3n) is 5.38. The molecule has 3 aromatic rings. The molecule has 0 saturated carbocycles. The van der Waals surface area contributed by atoms with E-state index in [4.69, 9.17) is 9.47 Å². The van der Waals surface area contributed by atoms with E-state index in [1.54, 1.807) is 18.2 Å². The summed E-state index contributed by atoms with van der Waals surface area (Å²) in [6.45, 7) is 7.54. The molecule has 0 spiro atoms. The van der Waals surface area contributed by atoms with Crippen molar-refractivity contribution in [1.29, 1.82) is 0 Å². The Hall–Kier alpha value is -3.14. The topological polar surface area (TPSA) is 35.5 Å². The predicted molar refractivity (Wildman–Crippen MR) is 122 cm³/mol. The van der Waals surface area contributed by atoms with Gasteiger partial charge in [0.2, 0.25) is 0 Å². The number of aryl methyl sites for hydroxylation is 1. The lowest BCUT2D eigenvalue weighted by Crippen LogP contribution is -2.10. The Kier molecular flexibility index (Phi) is 7.45. The van der Waals surface area contributed by atoms with E-state index in [1.807, 2.05) is 25.1 Å². The lowest BCUT2D eigenvalue weighted by molar-refractivity contribution is -0.131. The normalized spacial score (nSPS) is 11.8. The van der Waals surface area contributed by atoms with Gasteiger partial charge in [-0.25, -0.2) is 4.39 Å². The number of hydrogen-bond donors (Lipinski definition) is 0. The number of hydrogen-bond acceptors (Lipinski definition) is 3. The summed E-state index contributed by atoms with van der Waals surface area (Å²) in [7, 11) is 0. The Bertz CT molecular complexity index is 1040. The molecule has 4 heteroatoms. The minimum atomic E-state index is -0.342. The van der Waals surface area contributed by atoms with Crippen LogP contribution in [-0.2, 0) is 4.79 Å². The van der Waals surface area contributed by atoms with Crippen LogP contribution in [0.5, 0.6) is 11.5 Å². The van der Waals surface area contributed by atoms with Crippen molar-refractivity contribution in [2.24, 2.45) is 0 Å². The minimum absolute atomic E-state index is 0.112. The highest BCUT2D eigenvalue weighted by Gasteiger charge is 2.18. The smallest absolute Gasteiger partial charge is 0.308 e. The molecule has 0 aliphatic heterocycles. The SMILES string of the molecule is CCCCC(Oc1ccc(OC(C)=O)c(C)c1)c1cccc(-c2ccc(F)cc2)c1C. The first-order valence-corrected chi connectivity index (χ1v) is 10.7. The number of esters is 1. The lowest BCUT2D eigenvalue weighted by atomic mass is 9.92. The van der Waals surface area contributed by atoms with E-state index < -0.39 is 0 Å². The maximum absolute atomic E-state index is 13.4. The third-order valence-corrected chi connectivity index (χ3v) is 5.38. The zero-order chi connectivity index (χ0) is 22.4. The number of carbonyl (C=O) groups excluding carboxylic acids is 1. The van der Waals surface area contributed by atoms with Crippen molar-refractivity contribution in [2.45, 2.75) is 53.1 Å². The first-order valence-electron chi connectivity index (χ1n) is 10.7. The van der Waals surface area contributed by atoms with Gasteiger partial charge in [-0.1, -0.05) is 43.7 Å². The monoisotopic (exact) mass is 420 g/mol. The molecular formula is C27H29FO3. The average Bonchev–Trinajstić information content (AvgIpc) is 2.74. The van der Waals surface area contributed by atoms with E-state index in [1.165, 1.54) is 19.1 Å². The highest BCUT2D eigenvalue weighted by atomic mass is 19.1. The molecule has 0 radical (unpaired) electrons. The van der Waals surface area contributed by atoms with E-state index >= 15 is 0 Å². The van der Waals surface area contributed by atoms with Gasteiger partial charge in [0.1, 0.15) is 23.4 Å². The number of unbranched alkanes of at least 4 members (excludes halogenated alkanes) is 1. The van der Waals surface area contributed by atoms with Crippen LogP contribution in [0.1, 0.15) is 55.9 Å². The zero-order valence-corrected chi connectivity index (χ0v) is 18.6. The molecule has 0 amide bonds. The van der Waals surface area contributed by atoms with Gasteiger partial charge < -0.3 is 9.47 Å². The van der Waals surface area contributed by atoms with Crippen molar-refractivity contribution in [3.05, 3.63) is 83.2 Å². The molecule has 0 heterocycles. The van der Waals surface area contributed by atoms with Gasteiger partial charge in [0.05, 0.1) is 0 Å². The van der Waals surface area contributed by atoms with E-state index in [-0.39, 0.29) is 17.9 Å². The summed E-state index contributed by atoms with van der Waals surface area (Å²) in [6, 6.07) is 18.3. The number of halogens is 1. The Balaban J connectivity index is 1.92. The summed E-state index contributed by atoms with van der Waals surface area (Å²) in [5.74, 6) is 0.695. The fraction of sp³-hybridized carbons (Fsp3) is 0.296. The second kappa shape index (κ2) is 10.3. The summed E-state index contributed by atoms with van der Waals surface area (Å²) in [6.07, 6.45) is 2.88. The molecule has 3 rings (SSSR count). The van der Waals surface area contributed by atoms with E-state index in [9.17, 15) is 9.18 Å². The Morgan fingerprint density at radius 1 is 1.03 bits per heavy atom. The van der Waals surface area contributed by atoms with Gasteiger partial charge in [-0.05, 0) is 84.8 Å². The molecule has 162 valence electrons. The third kappa shape index (κ3) is 5.72. The molecule has 0 aliphatic carbocycles. The second-order valence-corrected chi connectivity index (χ2v) is 7.80. The van der Waals surface area contributed by atoms with Crippen LogP contribution in [-0.4, -0.2) is 5.97 Å². The number of ether oxygens (including phenoxy) is 2. The summed E-state index contributed by atoms with van der Waals surface area (Å²) in [5.41, 5.74) is 5.15. The van der Waals surface area contributed by atoms with Crippen molar-refractivity contribution >= 4 is 5.97 Å². The maximum Gasteiger partial charge on any atom is 0.308 e. The summed E-state index contributed by atoms with van der Waals surface area (Å²) < 4.78 is 25.0. The number of benzene rings is 3. The highest BCUT2D eigenvalue weighted by molar-refractivity contribution is 5.70. The van der Waals surface area contributed by atoms with Crippen molar-refractivity contribution in [3.63, 3.8) is 0 Å². The predicted octanol–water partition coefficient (Wildman–Crippen LogP) is 7.35. The van der Waals surface area contributed by atoms with Crippen LogP contribution < -0.4 is 9.47 Å². The second-order valence-electron chi connectivity index (χ2n) is 7.80. The van der Waals surface area contributed by atoms with Crippen LogP contribution in [0.2, 0.25) is 0 Å². The molecule has 3 aromatic carbocycles. The number of rotatable bonds is 8. The molecule has 0 saturated heterocycles. The first kappa shape index (κ1) is 22.5. The van der Waals surface area contributed by atoms with E-state index in [0.29, 0.717) is 5.75 Å². The van der Waals surface area contributed by atoms with Crippen molar-refractivity contribution in [1.82, 2.24) is 0 Å². The van der Waals surface area contributed by atoms with Crippen molar-refractivity contribution < 1.29 is 18.7 Å². The van der Waals surface area contributed by atoms with E-state index in [0.717, 1.165) is 52.8 Å². The molecule has 31 heavy (non-hydrogen) atoms. The minimum Gasteiger partial charge on any atom is -0.486 e. The molecule has 0 aromatic heterocycles. The molecule has 0 bridgehead atoms. The van der Waals surface area contributed by atoms with Crippen LogP contribution in [0.4, 0.5) is 4.39 Å². The molecule has 0 aliphatic rings. The standard InChI is InChI=1S/C27H29FO3/c1-5-6-10-27(31-23-15-16-26(18(2)17-23)30-20(4)29)25-9-7-8-24(19(25)3)21-11-13-22(28)14-12-21/h7-9,11-17,27H,5-6,10H2,1-4H3. The van der Waals surface area contributed by atoms with Crippen LogP contribution in [0, 0.1) is 19.7 Å². The largest absolute Gasteiger partial charge is 0.486 e. The fourth-order valence-electron chi connectivity index (χ4n) is 3.74. The zero-order valence-electron chi connectivity index (χ0n) is 18.6. The average molecular weight is 421 g/mol. The molecule has 0 N–H and O–H groups in total. The van der Waals surface area contributed by atoms with Gasteiger partial charge in [-0.2, -0.15) is 0 Å². The maximum atomic E-state index is 13.4. The quantitative estimate of drug-likeness (QED) is 0.282. The van der Waals surface area contributed by atoms with Crippen LogP contribution in [0.3, 0.4) is 0 Å². The van der Waals surface area contributed by atoms with Crippen molar-refractivity contribution in [3.8, 4) is 22.6 Å². The van der Waals surface area contributed by atoms with Crippen LogP contribution in [0.15, 0.2) is 60.7 Å². The summed E-state index contributed by atoms with van der Waals surface area (Å²) in [5, 5.41) is 0. The summed E-state index contributed by atoms with van der Waals surface area (Å²) >= 11 is 0. The lowest BCUT2D eigenvalue weighted by Gasteiger charge is -2.23. The van der Waals surface area contributed by atoms with Gasteiger partial charge in [-0.3, -0.25) is 4.79 Å². The van der Waals surface area contributed by atoms with E-state index in [2.05, 4.69) is 26.0 Å². The van der Waals surface area contributed by atoms with Crippen molar-refractivity contribution in [2.75, 3.05) is 0 Å². The highest BCUT2D eigenvalue weighted by Crippen LogP contribution is 2.35. The Morgan fingerprint density at radius 3 is 2.42 bits per heavy atom. The first-order chi connectivity index (χ1) is 14.9. The number of carbonyl (C=O) groups is 1. The summed E-state index contributed by atoms with van der Waals surface area (Å²) in [4.78, 5) is 11.3. The molecule has 1 unspecified atom stereocenters. The molecular weight excluding hydrogens is 391 g/mol. The van der Waals surface area contributed by atoms with Gasteiger partial charge in [-0.15, -0.1) is 0 Å². The molecule has 3 nitrogen and oxygen atoms in total. The Morgan fingerprint density at radius 2 is 1.77 bits per heavy atom. The molecule has 1 atom stereocenters. The van der Waals surface area contributed by atoms with Gasteiger partial charge in [0, 0.05) is 6.92 Å². The molecule has 0 fully saturated rings. The van der Waals surface area contributed by atoms with Gasteiger partial charge in [0.15, 0.2) is 0 Å². The fourth-order valence-corrected chi connectivity index (χ4v) is 3.74.